The Hall–Kier alpha value is -1.75. The molecule has 0 saturated carbocycles. The zero-order chi connectivity index (χ0) is 12.8. The van der Waals surface area contributed by atoms with Gasteiger partial charge >= 0.3 is 0 Å². The van der Waals surface area contributed by atoms with Crippen LogP contribution >= 0.6 is 0 Å². The quantitative estimate of drug-likeness (QED) is 0.761. The summed E-state index contributed by atoms with van der Waals surface area (Å²) in [6, 6.07) is 5.39. The summed E-state index contributed by atoms with van der Waals surface area (Å²) in [5, 5.41) is 0. The number of carbonyl (C=O) groups is 1. The number of primary amides is 1. The lowest BCUT2D eigenvalue weighted by Gasteiger charge is -2.14. The lowest BCUT2D eigenvalue weighted by molar-refractivity contribution is -0.122. The summed E-state index contributed by atoms with van der Waals surface area (Å²) in [6.45, 7) is 2.31. The molecule has 1 unspecified atom stereocenters. The monoisotopic (exact) mass is 238 g/mol. The minimum Gasteiger partial charge on any atom is -0.497 e. The van der Waals surface area contributed by atoms with Crippen molar-refractivity contribution in [3.63, 3.8) is 0 Å². The van der Waals surface area contributed by atoms with Crippen molar-refractivity contribution in [2.45, 2.75) is 13.5 Å². The van der Waals surface area contributed by atoms with Gasteiger partial charge in [-0.25, -0.2) is 0 Å². The summed E-state index contributed by atoms with van der Waals surface area (Å²) in [7, 11) is 1.58. The second-order valence-electron chi connectivity index (χ2n) is 3.79. The molecular formula is C12H18N2O3. The standard InChI is InChI=1S/C12H18N2O3/c1-8(12(14)15)7-17-11-5-10(16-2)4-3-9(11)6-13/h3-5,8H,6-7,13H2,1-2H3,(H2,14,15). The Morgan fingerprint density at radius 1 is 1.47 bits per heavy atom. The molecule has 1 amide bonds. The number of methoxy groups -OCH3 is 1. The third-order valence-electron chi connectivity index (χ3n) is 2.47. The highest BCUT2D eigenvalue weighted by atomic mass is 16.5. The number of ether oxygens (including phenoxy) is 2. The highest BCUT2D eigenvalue weighted by Crippen LogP contribution is 2.24. The van der Waals surface area contributed by atoms with Gasteiger partial charge in [0.05, 0.1) is 19.6 Å². The molecule has 94 valence electrons. The molecule has 1 rings (SSSR count). The number of hydrogen-bond acceptors (Lipinski definition) is 4. The van der Waals surface area contributed by atoms with Crippen LogP contribution in [0.2, 0.25) is 0 Å². The Kier molecular flexibility index (Phi) is 4.78. The first-order valence-corrected chi connectivity index (χ1v) is 5.37. The molecule has 1 aromatic carbocycles. The number of benzene rings is 1. The van der Waals surface area contributed by atoms with Gasteiger partial charge in [0.2, 0.25) is 5.91 Å². The van der Waals surface area contributed by atoms with Crippen LogP contribution in [0, 0.1) is 5.92 Å². The van der Waals surface area contributed by atoms with Gasteiger partial charge in [-0.2, -0.15) is 0 Å². The Labute approximate surface area is 101 Å². The van der Waals surface area contributed by atoms with Crippen LogP contribution in [0.4, 0.5) is 0 Å². The Balaban J connectivity index is 2.77. The third-order valence-corrected chi connectivity index (χ3v) is 2.47. The van der Waals surface area contributed by atoms with Gasteiger partial charge in [-0.05, 0) is 6.07 Å². The largest absolute Gasteiger partial charge is 0.497 e. The number of nitrogens with two attached hydrogens (primary N) is 2. The summed E-state index contributed by atoms with van der Waals surface area (Å²) in [4.78, 5) is 10.9. The predicted octanol–water partition coefficient (Wildman–Crippen LogP) is 0.654. The number of amides is 1. The summed E-state index contributed by atoms with van der Waals surface area (Å²) >= 11 is 0. The van der Waals surface area contributed by atoms with Crippen molar-refractivity contribution in [2.75, 3.05) is 13.7 Å². The first-order chi connectivity index (χ1) is 8.08. The minimum absolute atomic E-state index is 0.232. The van der Waals surface area contributed by atoms with E-state index in [2.05, 4.69) is 0 Å². The van der Waals surface area contributed by atoms with Gasteiger partial charge in [-0.1, -0.05) is 13.0 Å². The van der Waals surface area contributed by atoms with E-state index in [0.29, 0.717) is 18.0 Å². The molecule has 0 aliphatic carbocycles. The first-order valence-electron chi connectivity index (χ1n) is 5.37. The SMILES string of the molecule is COc1ccc(CN)c(OCC(C)C(N)=O)c1. The maximum absolute atomic E-state index is 10.9. The van der Waals surface area contributed by atoms with Gasteiger partial charge in [-0.15, -0.1) is 0 Å². The van der Waals surface area contributed by atoms with Crippen LogP contribution in [0.25, 0.3) is 0 Å². The zero-order valence-electron chi connectivity index (χ0n) is 10.1. The van der Waals surface area contributed by atoms with Gasteiger partial charge in [0.15, 0.2) is 0 Å². The van der Waals surface area contributed by atoms with Crippen LogP contribution < -0.4 is 20.9 Å². The normalized spacial score (nSPS) is 11.9. The number of hydrogen-bond donors (Lipinski definition) is 2. The van der Waals surface area contributed by atoms with Gasteiger partial charge in [0, 0.05) is 18.2 Å². The van der Waals surface area contributed by atoms with Gasteiger partial charge in [0.25, 0.3) is 0 Å². The van der Waals surface area contributed by atoms with E-state index >= 15 is 0 Å². The molecule has 0 saturated heterocycles. The van der Waals surface area contributed by atoms with E-state index in [1.165, 1.54) is 0 Å². The topological polar surface area (TPSA) is 87.6 Å². The lowest BCUT2D eigenvalue weighted by Crippen LogP contribution is -2.26. The highest BCUT2D eigenvalue weighted by molar-refractivity contribution is 5.76. The molecule has 17 heavy (non-hydrogen) atoms. The summed E-state index contributed by atoms with van der Waals surface area (Å²) in [6.07, 6.45) is 0. The second kappa shape index (κ2) is 6.10. The van der Waals surface area contributed by atoms with Crippen LogP contribution in [0.5, 0.6) is 11.5 Å². The van der Waals surface area contributed by atoms with Crippen LogP contribution in [0.3, 0.4) is 0 Å². The number of rotatable bonds is 6. The Morgan fingerprint density at radius 2 is 2.18 bits per heavy atom. The second-order valence-corrected chi connectivity index (χ2v) is 3.79. The first kappa shape index (κ1) is 13.3. The van der Waals surface area contributed by atoms with Crippen molar-refractivity contribution in [1.29, 1.82) is 0 Å². The van der Waals surface area contributed by atoms with Crippen LogP contribution in [-0.2, 0) is 11.3 Å². The molecule has 1 aromatic rings. The number of carbonyl (C=O) groups excluding carboxylic acids is 1. The average Bonchev–Trinajstić information content (AvgIpc) is 2.35. The van der Waals surface area contributed by atoms with E-state index in [-0.39, 0.29) is 18.4 Å². The molecule has 0 heterocycles. The van der Waals surface area contributed by atoms with Crippen LogP contribution in [0.1, 0.15) is 12.5 Å². The van der Waals surface area contributed by atoms with E-state index in [1.807, 2.05) is 12.1 Å². The van der Waals surface area contributed by atoms with Crippen molar-refractivity contribution < 1.29 is 14.3 Å². The molecule has 0 spiro atoms. The fraction of sp³-hybridized carbons (Fsp3) is 0.417. The van der Waals surface area contributed by atoms with Crippen LogP contribution in [0.15, 0.2) is 18.2 Å². The molecule has 0 aliphatic rings. The van der Waals surface area contributed by atoms with Crippen molar-refractivity contribution in [2.24, 2.45) is 17.4 Å². The maximum Gasteiger partial charge on any atom is 0.223 e. The molecule has 0 radical (unpaired) electrons. The predicted molar refractivity (Wildman–Crippen MR) is 64.7 cm³/mol. The van der Waals surface area contributed by atoms with Crippen molar-refractivity contribution >= 4 is 5.91 Å². The van der Waals surface area contributed by atoms with Crippen molar-refractivity contribution in [1.82, 2.24) is 0 Å². The molecule has 0 aromatic heterocycles. The fourth-order valence-corrected chi connectivity index (χ4v) is 1.26. The van der Waals surface area contributed by atoms with E-state index in [4.69, 9.17) is 20.9 Å². The molecule has 1 atom stereocenters. The van der Waals surface area contributed by atoms with E-state index < -0.39 is 0 Å². The molecule has 0 aliphatic heterocycles. The third kappa shape index (κ3) is 3.64. The summed E-state index contributed by atoms with van der Waals surface area (Å²) < 4.78 is 10.6. The Morgan fingerprint density at radius 3 is 2.71 bits per heavy atom. The minimum atomic E-state index is -0.387. The molecule has 0 fully saturated rings. The van der Waals surface area contributed by atoms with Gasteiger partial charge in [0.1, 0.15) is 11.5 Å². The van der Waals surface area contributed by atoms with Gasteiger partial charge in [-0.3, -0.25) is 4.79 Å². The smallest absolute Gasteiger partial charge is 0.223 e. The maximum atomic E-state index is 10.9. The molecule has 5 nitrogen and oxygen atoms in total. The van der Waals surface area contributed by atoms with Crippen molar-refractivity contribution in [3.8, 4) is 11.5 Å². The van der Waals surface area contributed by atoms with E-state index in [0.717, 1.165) is 5.56 Å². The molecule has 4 N–H and O–H groups in total. The fourth-order valence-electron chi connectivity index (χ4n) is 1.26. The molecule has 5 heteroatoms. The van der Waals surface area contributed by atoms with E-state index in [1.54, 1.807) is 20.1 Å². The molecule has 0 bridgehead atoms. The summed E-state index contributed by atoms with van der Waals surface area (Å²) in [5.74, 6) is 0.581. The van der Waals surface area contributed by atoms with Crippen molar-refractivity contribution in [3.05, 3.63) is 23.8 Å². The zero-order valence-corrected chi connectivity index (χ0v) is 10.1. The summed E-state index contributed by atoms with van der Waals surface area (Å²) in [5.41, 5.74) is 11.6. The van der Waals surface area contributed by atoms with E-state index in [9.17, 15) is 4.79 Å². The van der Waals surface area contributed by atoms with Crippen LogP contribution in [-0.4, -0.2) is 19.6 Å². The Bertz CT molecular complexity index is 393. The average molecular weight is 238 g/mol. The lowest BCUT2D eigenvalue weighted by atomic mass is 10.1. The van der Waals surface area contributed by atoms with Gasteiger partial charge < -0.3 is 20.9 Å². The molecular weight excluding hydrogens is 220 g/mol. The highest BCUT2D eigenvalue weighted by Gasteiger charge is 2.11.